The van der Waals surface area contributed by atoms with E-state index in [1.807, 2.05) is 61.5 Å². The first-order valence-corrected chi connectivity index (χ1v) is 14.9. The highest BCUT2D eigenvalue weighted by molar-refractivity contribution is 9.10. The number of hydrogen-bond donors (Lipinski definition) is 0. The third kappa shape index (κ3) is 7.19. The van der Waals surface area contributed by atoms with Gasteiger partial charge in [0.05, 0.1) is 30.4 Å². The molecule has 0 aromatic heterocycles. The van der Waals surface area contributed by atoms with Crippen molar-refractivity contribution in [3.63, 3.8) is 0 Å². The van der Waals surface area contributed by atoms with Gasteiger partial charge >= 0.3 is 0 Å². The lowest BCUT2D eigenvalue weighted by atomic mass is 10.1. The Morgan fingerprint density at radius 2 is 1.83 bits per heavy atom. The van der Waals surface area contributed by atoms with Crippen molar-refractivity contribution in [3.8, 4) is 11.5 Å². The van der Waals surface area contributed by atoms with Crippen molar-refractivity contribution in [2.75, 3.05) is 40.0 Å². The van der Waals surface area contributed by atoms with Gasteiger partial charge in [-0.15, -0.1) is 0 Å². The number of rotatable bonds is 8. The summed E-state index contributed by atoms with van der Waals surface area (Å²) in [5.74, 6) is 1.04. The fourth-order valence-corrected chi connectivity index (χ4v) is 5.57. The smallest absolute Gasteiger partial charge is 0.266 e. The number of thioether (sulfide) groups is 1. The minimum atomic E-state index is -0.150. The lowest BCUT2D eigenvalue weighted by Gasteiger charge is -2.26. The number of nitrogens with zero attached hydrogens (tertiary/aromatic N) is 3. The molecular formula is C31H30BrN3O5S. The molecule has 3 aromatic carbocycles. The van der Waals surface area contributed by atoms with E-state index in [1.54, 1.807) is 30.1 Å². The van der Waals surface area contributed by atoms with Gasteiger partial charge in [-0.05, 0) is 78.4 Å². The maximum Gasteiger partial charge on any atom is 0.266 e. The van der Waals surface area contributed by atoms with E-state index in [-0.39, 0.29) is 11.8 Å². The van der Waals surface area contributed by atoms with Crippen molar-refractivity contribution in [1.29, 1.82) is 0 Å². The number of ether oxygens (including phenoxy) is 3. The number of morpholine rings is 1. The van der Waals surface area contributed by atoms with Gasteiger partial charge in [0.15, 0.2) is 16.7 Å². The molecule has 0 unspecified atom stereocenters. The number of hydrogen-bond acceptors (Lipinski definition) is 7. The molecule has 41 heavy (non-hydrogen) atoms. The fourth-order valence-electron chi connectivity index (χ4n) is 4.31. The zero-order valence-corrected chi connectivity index (χ0v) is 25.2. The van der Waals surface area contributed by atoms with Gasteiger partial charge < -0.3 is 19.1 Å². The number of halogens is 1. The van der Waals surface area contributed by atoms with Crippen LogP contribution in [0.4, 0.5) is 5.69 Å². The van der Waals surface area contributed by atoms with E-state index >= 15 is 0 Å². The Labute approximate surface area is 252 Å². The second kappa shape index (κ2) is 13.4. The number of carbonyl (C=O) groups excluding carboxylic acids is 2. The molecule has 3 aromatic rings. The minimum Gasteiger partial charge on any atom is -0.490 e. The van der Waals surface area contributed by atoms with Gasteiger partial charge in [0.25, 0.3) is 11.8 Å². The van der Waals surface area contributed by atoms with Gasteiger partial charge in [0, 0.05) is 30.2 Å². The molecule has 2 aliphatic heterocycles. The van der Waals surface area contributed by atoms with Crippen LogP contribution in [0.15, 0.2) is 81.1 Å². The van der Waals surface area contributed by atoms with Crippen LogP contribution in [0.2, 0.25) is 0 Å². The molecule has 2 saturated heterocycles. The minimum absolute atomic E-state index is 0.0474. The third-order valence-corrected chi connectivity index (χ3v) is 8.08. The van der Waals surface area contributed by atoms with E-state index in [0.717, 1.165) is 15.6 Å². The molecule has 8 nitrogen and oxygen atoms in total. The molecule has 0 atom stereocenters. The zero-order valence-electron chi connectivity index (χ0n) is 22.8. The van der Waals surface area contributed by atoms with Crippen LogP contribution in [0, 0.1) is 0 Å². The van der Waals surface area contributed by atoms with Gasteiger partial charge in [-0.3, -0.25) is 14.5 Å². The van der Waals surface area contributed by atoms with E-state index in [4.69, 9.17) is 19.2 Å². The molecule has 5 rings (SSSR count). The van der Waals surface area contributed by atoms with Crippen molar-refractivity contribution in [2.24, 2.45) is 4.99 Å². The van der Waals surface area contributed by atoms with Gasteiger partial charge in [0.1, 0.15) is 6.61 Å². The van der Waals surface area contributed by atoms with Crippen LogP contribution in [-0.2, 0) is 16.1 Å². The first-order valence-electron chi connectivity index (χ1n) is 13.3. The molecular weight excluding hydrogens is 606 g/mol. The van der Waals surface area contributed by atoms with Crippen LogP contribution >= 0.6 is 27.7 Å². The van der Waals surface area contributed by atoms with E-state index in [9.17, 15) is 9.59 Å². The number of aliphatic imine (C=N–C) groups is 1. The van der Waals surface area contributed by atoms with Gasteiger partial charge in [-0.25, -0.2) is 4.99 Å². The van der Waals surface area contributed by atoms with Gasteiger partial charge in [-0.2, -0.15) is 0 Å². The summed E-state index contributed by atoms with van der Waals surface area (Å²) in [4.78, 5) is 34.5. The standard InChI is InChI=1S/C31H30BrN3O5S/c1-3-39-27-17-22(9-12-26(27)40-20-21-7-10-24(32)11-8-21)18-28-30(37)34(2)31(41-28)33-25-6-4-5-23(19-25)29(36)35-13-15-38-16-14-35/h4-12,17-19H,3,13-16,20H2,1-2H3/b28-18+,33-31?. The van der Waals surface area contributed by atoms with Crippen molar-refractivity contribution < 1.29 is 23.8 Å². The summed E-state index contributed by atoms with van der Waals surface area (Å²) >= 11 is 4.74. The average molecular weight is 637 g/mol. The number of amides is 2. The highest BCUT2D eigenvalue weighted by Gasteiger charge is 2.30. The quantitative estimate of drug-likeness (QED) is 0.277. The maximum absolute atomic E-state index is 13.1. The lowest BCUT2D eigenvalue weighted by molar-refractivity contribution is -0.121. The molecule has 2 aliphatic rings. The van der Waals surface area contributed by atoms with Crippen LogP contribution in [0.5, 0.6) is 11.5 Å². The van der Waals surface area contributed by atoms with Crippen molar-refractivity contribution >= 4 is 56.4 Å². The predicted octanol–water partition coefficient (Wildman–Crippen LogP) is 6.13. The van der Waals surface area contributed by atoms with Gasteiger partial charge in [0.2, 0.25) is 0 Å². The Morgan fingerprint density at radius 1 is 1.05 bits per heavy atom. The van der Waals surface area contributed by atoms with E-state index < -0.39 is 0 Å². The molecule has 0 N–H and O–H groups in total. The maximum atomic E-state index is 13.1. The molecule has 2 heterocycles. The van der Waals surface area contributed by atoms with Crippen LogP contribution in [-0.4, -0.2) is 66.7 Å². The summed E-state index contributed by atoms with van der Waals surface area (Å²) in [6, 6.07) is 20.8. The SMILES string of the molecule is CCOc1cc(/C=C2/SC(=Nc3cccc(C(=O)N4CCOCC4)c3)N(C)C2=O)ccc1OCc1ccc(Br)cc1. The largest absolute Gasteiger partial charge is 0.490 e. The second-order valence-corrected chi connectivity index (χ2v) is 11.3. The summed E-state index contributed by atoms with van der Waals surface area (Å²) in [7, 11) is 1.70. The number of benzene rings is 3. The molecule has 0 aliphatic carbocycles. The zero-order chi connectivity index (χ0) is 28.8. The molecule has 0 saturated carbocycles. The Hall–Kier alpha value is -3.60. The number of carbonyl (C=O) groups is 2. The summed E-state index contributed by atoms with van der Waals surface area (Å²) in [5, 5.41) is 0.539. The van der Waals surface area contributed by atoms with E-state index in [2.05, 4.69) is 15.9 Å². The Kier molecular flexibility index (Phi) is 9.43. The lowest BCUT2D eigenvalue weighted by Crippen LogP contribution is -2.40. The molecule has 212 valence electrons. The average Bonchev–Trinajstić information content (AvgIpc) is 3.25. The van der Waals surface area contributed by atoms with Crippen LogP contribution in [0.1, 0.15) is 28.4 Å². The molecule has 0 radical (unpaired) electrons. The molecule has 0 bridgehead atoms. The highest BCUT2D eigenvalue weighted by atomic mass is 79.9. The van der Waals surface area contributed by atoms with E-state index in [0.29, 0.717) is 72.3 Å². The Balaban J connectivity index is 1.32. The summed E-state index contributed by atoms with van der Waals surface area (Å²) in [5.41, 5.74) is 3.03. The van der Waals surface area contributed by atoms with Gasteiger partial charge in [-0.1, -0.05) is 40.2 Å². The van der Waals surface area contributed by atoms with Crippen molar-refractivity contribution in [3.05, 3.63) is 92.8 Å². The molecule has 0 spiro atoms. The third-order valence-electron chi connectivity index (χ3n) is 6.49. The highest BCUT2D eigenvalue weighted by Crippen LogP contribution is 2.35. The molecule has 2 amide bonds. The first-order chi connectivity index (χ1) is 19.9. The monoisotopic (exact) mass is 635 g/mol. The van der Waals surface area contributed by atoms with Crippen LogP contribution in [0.25, 0.3) is 6.08 Å². The first kappa shape index (κ1) is 28.9. The van der Waals surface area contributed by atoms with Crippen molar-refractivity contribution in [1.82, 2.24) is 9.80 Å². The summed E-state index contributed by atoms with van der Waals surface area (Å²) in [6.07, 6.45) is 1.82. The van der Waals surface area contributed by atoms with Crippen LogP contribution < -0.4 is 9.47 Å². The summed E-state index contributed by atoms with van der Waals surface area (Å²) < 4.78 is 18.2. The van der Waals surface area contributed by atoms with E-state index in [1.165, 1.54) is 16.7 Å². The number of likely N-dealkylation sites (N-methyl/N-ethyl adjacent to an activating group) is 1. The van der Waals surface area contributed by atoms with Crippen LogP contribution in [0.3, 0.4) is 0 Å². The second-order valence-electron chi connectivity index (χ2n) is 9.38. The molecule has 2 fully saturated rings. The normalized spacial score (nSPS) is 17.4. The topological polar surface area (TPSA) is 80.7 Å². The Morgan fingerprint density at radius 3 is 2.59 bits per heavy atom. The molecule has 10 heteroatoms. The predicted molar refractivity (Wildman–Crippen MR) is 165 cm³/mol. The van der Waals surface area contributed by atoms with Crippen molar-refractivity contribution in [2.45, 2.75) is 13.5 Å². The summed E-state index contributed by atoms with van der Waals surface area (Å²) in [6.45, 7) is 5.03. The number of amidine groups is 1. The fraction of sp³-hybridized carbons (Fsp3) is 0.258. The Bertz CT molecular complexity index is 1490.